The maximum atomic E-state index is 12.9. The van der Waals surface area contributed by atoms with Crippen LogP contribution >= 0.6 is 7.82 Å². The van der Waals surface area contributed by atoms with Crippen molar-refractivity contribution in [3.8, 4) is 0 Å². The Hall–Kier alpha value is -0.500. The minimum Gasteiger partial charge on any atom is -0.756 e. The molecular weight excluding hydrogens is 816 g/mol. The van der Waals surface area contributed by atoms with E-state index in [1.54, 1.807) is 0 Å². The molecule has 64 heavy (non-hydrogen) atoms. The summed E-state index contributed by atoms with van der Waals surface area (Å²) in [6.07, 6.45) is 56.0. The van der Waals surface area contributed by atoms with Crippen LogP contribution in [-0.4, -0.2) is 68.5 Å². The Labute approximate surface area is 399 Å². The van der Waals surface area contributed by atoms with E-state index < -0.39 is 20.0 Å². The van der Waals surface area contributed by atoms with Gasteiger partial charge in [0.05, 0.1) is 39.9 Å². The first-order valence-corrected chi connectivity index (χ1v) is 29.8. The van der Waals surface area contributed by atoms with Gasteiger partial charge in [-0.2, -0.15) is 0 Å². The zero-order valence-electron chi connectivity index (χ0n) is 43.8. The maximum Gasteiger partial charge on any atom is 0.268 e. The molecule has 0 heterocycles. The Morgan fingerprint density at radius 1 is 0.484 bits per heavy atom. The Balaban J connectivity index is 3.83. The molecule has 0 aromatic heterocycles. The molecule has 0 aliphatic rings. The van der Waals surface area contributed by atoms with E-state index in [9.17, 15) is 19.4 Å². The number of nitrogens with zero attached hydrogens (tertiary/aromatic N) is 1. The van der Waals surface area contributed by atoms with E-state index in [-0.39, 0.29) is 19.1 Å². The van der Waals surface area contributed by atoms with Gasteiger partial charge >= 0.3 is 0 Å². The van der Waals surface area contributed by atoms with Gasteiger partial charge < -0.3 is 28.8 Å². The molecule has 0 spiro atoms. The highest BCUT2D eigenvalue weighted by Gasteiger charge is 2.24. The van der Waals surface area contributed by atoms with E-state index in [0.717, 1.165) is 38.5 Å². The molecule has 0 rings (SSSR count). The molecular formula is C55H113N2O6P. The molecule has 0 saturated carbocycles. The summed E-state index contributed by atoms with van der Waals surface area (Å²) in [4.78, 5) is 25.4. The van der Waals surface area contributed by atoms with Crippen molar-refractivity contribution in [3.63, 3.8) is 0 Å². The molecule has 0 radical (unpaired) electrons. The standard InChI is InChI=1S/C55H113N2O6P/c1-6-8-10-12-14-16-17-18-19-20-21-22-23-24-25-26-27-28-29-30-31-32-33-34-35-36-37-38-39-41-43-45-47-49-55(59)56-53(52-63-64(60,61)62-51-50-57(3,4)5)54(58)48-46-44-42-40-15-13-11-9-7-2/h53-54,58H,6-52H2,1-5H3,(H-,56,59,60,61). The van der Waals surface area contributed by atoms with Crippen LogP contribution in [0.5, 0.6) is 0 Å². The average Bonchev–Trinajstić information content (AvgIpc) is 3.25. The van der Waals surface area contributed by atoms with Crippen LogP contribution in [-0.2, 0) is 18.4 Å². The third kappa shape index (κ3) is 49.4. The highest BCUT2D eigenvalue weighted by molar-refractivity contribution is 7.45. The smallest absolute Gasteiger partial charge is 0.268 e. The summed E-state index contributed by atoms with van der Waals surface area (Å²) < 4.78 is 23.3. The Morgan fingerprint density at radius 2 is 0.766 bits per heavy atom. The normalized spacial score (nSPS) is 13.9. The molecule has 0 aliphatic heterocycles. The summed E-state index contributed by atoms with van der Waals surface area (Å²) in [5.41, 5.74) is 0. The number of likely N-dealkylation sites (N-methyl/N-ethyl adjacent to an activating group) is 1. The van der Waals surface area contributed by atoms with Crippen molar-refractivity contribution >= 4 is 13.7 Å². The molecule has 0 aromatic carbocycles. The van der Waals surface area contributed by atoms with E-state index in [1.807, 2.05) is 21.1 Å². The number of carbonyl (C=O) groups is 1. The summed E-state index contributed by atoms with van der Waals surface area (Å²) in [5.74, 6) is -0.160. The number of quaternary nitrogens is 1. The lowest BCUT2D eigenvalue weighted by atomic mass is 10.0. The number of phosphoric acid groups is 1. The third-order valence-electron chi connectivity index (χ3n) is 13.3. The zero-order chi connectivity index (χ0) is 47.1. The number of rotatable bonds is 53. The van der Waals surface area contributed by atoms with Crippen molar-refractivity contribution < 1.29 is 32.9 Å². The summed E-state index contributed by atoms with van der Waals surface area (Å²) in [6.45, 7) is 4.73. The van der Waals surface area contributed by atoms with Gasteiger partial charge in [-0.1, -0.05) is 277 Å². The van der Waals surface area contributed by atoms with E-state index in [1.165, 1.54) is 231 Å². The van der Waals surface area contributed by atoms with Crippen LogP contribution in [0.1, 0.15) is 296 Å². The average molecular weight is 929 g/mol. The lowest BCUT2D eigenvalue weighted by Crippen LogP contribution is -2.46. The predicted molar refractivity (Wildman–Crippen MR) is 275 cm³/mol. The van der Waals surface area contributed by atoms with Crippen LogP contribution < -0.4 is 10.2 Å². The van der Waals surface area contributed by atoms with Crippen molar-refractivity contribution in [2.75, 3.05) is 40.9 Å². The lowest BCUT2D eigenvalue weighted by Gasteiger charge is -2.30. The highest BCUT2D eigenvalue weighted by Crippen LogP contribution is 2.38. The number of unbranched alkanes of at least 4 members (excludes halogenated alkanes) is 40. The van der Waals surface area contributed by atoms with Crippen LogP contribution in [0.3, 0.4) is 0 Å². The molecule has 3 unspecified atom stereocenters. The minimum absolute atomic E-state index is 0.0159. The van der Waals surface area contributed by atoms with Crippen LogP contribution in [0, 0.1) is 0 Å². The first-order valence-electron chi connectivity index (χ1n) is 28.4. The predicted octanol–water partition coefficient (Wildman–Crippen LogP) is 16.2. The fourth-order valence-electron chi connectivity index (χ4n) is 8.87. The highest BCUT2D eigenvalue weighted by atomic mass is 31.2. The molecule has 8 nitrogen and oxygen atoms in total. The topological polar surface area (TPSA) is 108 Å². The zero-order valence-corrected chi connectivity index (χ0v) is 44.7. The molecule has 2 N–H and O–H groups in total. The van der Waals surface area contributed by atoms with Gasteiger partial charge in [-0.05, 0) is 12.8 Å². The molecule has 0 bridgehead atoms. The molecule has 1 amide bonds. The number of aliphatic hydroxyl groups excluding tert-OH is 1. The van der Waals surface area contributed by atoms with Gasteiger partial charge in [0.15, 0.2) is 0 Å². The third-order valence-corrected chi connectivity index (χ3v) is 14.3. The number of aliphatic hydroxyl groups is 1. The molecule has 0 fully saturated rings. The Morgan fingerprint density at radius 3 is 1.06 bits per heavy atom. The van der Waals surface area contributed by atoms with Crippen molar-refractivity contribution in [2.45, 2.75) is 309 Å². The molecule has 0 aliphatic carbocycles. The molecule has 9 heteroatoms. The second kappa shape index (κ2) is 47.6. The molecule has 384 valence electrons. The number of nitrogens with one attached hydrogen (secondary N) is 1. The Bertz CT molecular complexity index is 1010. The quantitative estimate of drug-likeness (QED) is 0.0357. The maximum absolute atomic E-state index is 12.9. The molecule has 0 saturated heterocycles. The van der Waals surface area contributed by atoms with Crippen LogP contribution in [0.15, 0.2) is 0 Å². The van der Waals surface area contributed by atoms with Gasteiger partial charge in [0.2, 0.25) is 5.91 Å². The number of phosphoric ester groups is 1. The molecule has 0 aromatic rings. The van der Waals surface area contributed by atoms with E-state index in [2.05, 4.69) is 19.2 Å². The van der Waals surface area contributed by atoms with Gasteiger partial charge in [0.1, 0.15) is 13.2 Å². The van der Waals surface area contributed by atoms with Crippen molar-refractivity contribution in [1.29, 1.82) is 0 Å². The lowest BCUT2D eigenvalue weighted by molar-refractivity contribution is -0.870. The Kier molecular flexibility index (Phi) is 47.2. The van der Waals surface area contributed by atoms with Crippen molar-refractivity contribution in [2.24, 2.45) is 0 Å². The number of hydrogen-bond acceptors (Lipinski definition) is 6. The largest absolute Gasteiger partial charge is 0.756 e. The fourth-order valence-corrected chi connectivity index (χ4v) is 9.59. The summed E-state index contributed by atoms with van der Waals surface area (Å²) >= 11 is 0. The first-order chi connectivity index (χ1) is 31.0. The van der Waals surface area contributed by atoms with E-state index in [4.69, 9.17) is 9.05 Å². The van der Waals surface area contributed by atoms with Gasteiger partial charge in [0, 0.05) is 6.42 Å². The fraction of sp³-hybridized carbons (Fsp3) is 0.982. The van der Waals surface area contributed by atoms with Gasteiger partial charge in [0.25, 0.3) is 7.82 Å². The second-order valence-corrected chi connectivity index (χ2v) is 22.4. The van der Waals surface area contributed by atoms with Gasteiger partial charge in [-0.15, -0.1) is 0 Å². The first kappa shape index (κ1) is 63.5. The summed E-state index contributed by atoms with van der Waals surface area (Å²) in [5, 5.41) is 13.9. The minimum atomic E-state index is -4.56. The summed E-state index contributed by atoms with van der Waals surface area (Å²) in [6, 6.07) is -0.793. The number of carbonyl (C=O) groups excluding carboxylic acids is 1. The van der Waals surface area contributed by atoms with Gasteiger partial charge in [-0.3, -0.25) is 9.36 Å². The van der Waals surface area contributed by atoms with E-state index >= 15 is 0 Å². The van der Waals surface area contributed by atoms with Crippen LogP contribution in [0.4, 0.5) is 0 Å². The van der Waals surface area contributed by atoms with Crippen LogP contribution in [0.25, 0.3) is 0 Å². The summed E-state index contributed by atoms with van der Waals surface area (Å²) in [7, 11) is 1.32. The van der Waals surface area contributed by atoms with Crippen LogP contribution in [0.2, 0.25) is 0 Å². The second-order valence-electron chi connectivity index (χ2n) is 21.0. The monoisotopic (exact) mass is 929 g/mol. The molecule has 3 atom stereocenters. The SMILES string of the molecule is CCCCCCCCCCCCCCCCCCCCCCCCCCCCCCCCCCCC(=O)NC(COP(=O)([O-])OCC[N+](C)(C)C)C(O)CCCCCCCCCCC. The van der Waals surface area contributed by atoms with Crippen molar-refractivity contribution in [3.05, 3.63) is 0 Å². The van der Waals surface area contributed by atoms with Gasteiger partial charge in [-0.25, -0.2) is 0 Å². The number of amides is 1. The van der Waals surface area contributed by atoms with E-state index in [0.29, 0.717) is 23.9 Å². The van der Waals surface area contributed by atoms with Crippen molar-refractivity contribution in [1.82, 2.24) is 5.32 Å². The number of hydrogen-bond donors (Lipinski definition) is 2.